The third kappa shape index (κ3) is 5.67. The second-order valence-corrected chi connectivity index (χ2v) is 6.43. The Morgan fingerprint density at radius 1 is 1.00 bits per heavy atom. The third-order valence-electron chi connectivity index (χ3n) is 4.36. The largest absolute Gasteiger partial charge is 0.450 e. The molecule has 28 heavy (non-hydrogen) atoms. The van der Waals surface area contributed by atoms with Crippen molar-refractivity contribution < 1.29 is 23.9 Å². The Bertz CT molecular complexity index is 778. The maximum atomic E-state index is 12.4. The molecule has 0 bridgehead atoms. The van der Waals surface area contributed by atoms with Gasteiger partial charge in [0, 0.05) is 49.1 Å². The van der Waals surface area contributed by atoms with Crippen LogP contribution in [0.15, 0.2) is 35.9 Å². The Labute approximate surface area is 164 Å². The van der Waals surface area contributed by atoms with E-state index in [9.17, 15) is 19.2 Å². The summed E-state index contributed by atoms with van der Waals surface area (Å²) in [7, 11) is 0. The fourth-order valence-electron chi connectivity index (χ4n) is 2.68. The van der Waals surface area contributed by atoms with E-state index in [1.54, 1.807) is 47.9 Å². The number of rotatable bonds is 5. The van der Waals surface area contributed by atoms with Gasteiger partial charge in [-0.1, -0.05) is 0 Å². The summed E-state index contributed by atoms with van der Waals surface area (Å²) in [4.78, 5) is 50.8. The quantitative estimate of drug-likeness (QED) is 0.616. The number of Topliss-reactive ketones (excluding diaryl/α,β-unsaturated/α-hetero) is 1. The first-order valence-electron chi connectivity index (χ1n) is 9.13. The summed E-state index contributed by atoms with van der Waals surface area (Å²) >= 11 is 0. The SMILES string of the molecule is CCOC(=O)N1CCN(C(=O)/C=C(/C)C(=O)Nc2ccc(C(C)=O)cc2)CC1. The average molecular weight is 387 g/mol. The van der Waals surface area contributed by atoms with E-state index in [2.05, 4.69) is 5.32 Å². The highest BCUT2D eigenvalue weighted by Crippen LogP contribution is 2.12. The molecular weight excluding hydrogens is 362 g/mol. The molecule has 3 amide bonds. The molecule has 1 fully saturated rings. The third-order valence-corrected chi connectivity index (χ3v) is 4.36. The molecule has 0 spiro atoms. The summed E-state index contributed by atoms with van der Waals surface area (Å²) in [5, 5.41) is 2.69. The number of ether oxygens (including phenoxy) is 1. The monoisotopic (exact) mass is 387 g/mol. The van der Waals surface area contributed by atoms with Crippen LogP contribution in [0.5, 0.6) is 0 Å². The molecule has 1 aliphatic rings. The van der Waals surface area contributed by atoms with Gasteiger partial charge in [0.1, 0.15) is 0 Å². The average Bonchev–Trinajstić information content (AvgIpc) is 2.68. The lowest BCUT2D eigenvalue weighted by Crippen LogP contribution is -2.50. The molecule has 8 nitrogen and oxygen atoms in total. The van der Waals surface area contributed by atoms with Crippen LogP contribution in [-0.2, 0) is 14.3 Å². The van der Waals surface area contributed by atoms with Gasteiger partial charge >= 0.3 is 6.09 Å². The normalized spacial score (nSPS) is 14.5. The molecule has 1 N–H and O–H groups in total. The van der Waals surface area contributed by atoms with Crippen molar-refractivity contribution in [3.63, 3.8) is 0 Å². The smallest absolute Gasteiger partial charge is 0.409 e. The molecule has 0 radical (unpaired) electrons. The van der Waals surface area contributed by atoms with Gasteiger partial charge < -0.3 is 19.9 Å². The summed E-state index contributed by atoms with van der Waals surface area (Å²) in [6.07, 6.45) is 0.913. The van der Waals surface area contributed by atoms with Crippen LogP contribution in [0.3, 0.4) is 0 Å². The molecule has 1 aliphatic heterocycles. The van der Waals surface area contributed by atoms with Crippen molar-refractivity contribution in [2.75, 3.05) is 38.1 Å². The minimum atomic E-state index is -0.394. The minimum Gasteiger partial charge on any atom is -0.450 e. The zero-order valence-electron chi connectivity index (χ0n) is 16.4. The zero-order valence-corrected chi connectivity index (χ0v) is 16.4. The Morgan fingerprint density at radius 2 is 1.57 bits per heavy atom. The van der Waals surface area contributed by atoms with Crippen LogP contribution >= 0.6 is 0 Å². The number of nitrogens with zero attached hydrogens (tertiary/aromatic N) is 2. The van der Waals surface area contributed by atoms with Crippen molar-refractivity contribution in [1.29, 1.82) is 0 Å². The summed E-state index contributed by atoms with van der Waals surface area (Å²) in [5.74, 6) is -0.722. The standard InChI is InChI=1S/C20H25N3O5/c1-4-28-20(27)23-11-9-22(10-12-23)18(25)13-14(2)19(26)21-17-7-5-16(6-8-17)15(3)24/h5-8,13H,4,9-12H2,1-3H3,(H,21,26)/b14-13-. The van der Waals surface area contributed by atoms with Gasteiger partial charge in [-0.15, -0.1) is 0 Å². The van der Waals surface area contributed by atoms with Gasteiger partial charge in [0.15, 0.2) is 5.78 Å². The lowest BCUT2D eigenvalue weighted by atomic mass is 10.1. The van der Waals surface area contributed by atoms with Gasteiger partial charge in [-0.05, 0) is 45.0 Å². The van der Waals surface area contributed by atoms with Crippen LogP contribution in [0, 0.1) is 0 Å². The lowest BCUT2D eigenvalue weighted by Gasteiger charge is -2.33. The van der Waals surface area contributed by atoms with Gasteiger partial charge in [0.25, 0.3) is 5.91 Å². The molecule has 0 aliphatic carbocycles. The van der Waals surface area contributed by atoms with Crippen LogP contribution in [0.1, 0.15) is 31.1 Å². The molecule has 1 aromatic carbocycles. The van der Waals surface area contributed by atoms with E-state index in [1.165, 1.54) is 13.0 Å². The van der Waals surface area contributed by atoms with E-state index in [1.807, 2.05) is 0 Å². The first kappa shape index (κ1) is 21.1. The molecule has 0 saturated carbocycles. The molecule has 2 rings (SSSR count). The van der Waals surface area contributed by atoms with Gasteiger partial charge in [-0.2, -0.15) is 0 Å². The fourth-order valence-corrected chi connectivity index (χ4v) is 2.68. The van der Waals surface area contributed by atoms with Gasteiger partial charge in [0.05, 0.1) is 6.61 Å². The molecule has 1 heterocycles. The van der Waals surface area contributed by atoms with Crippen LogP contribution in [0.25, 0.3) is 0 Å². The number of piperazine rings is 1. The number of benzene rings is 1. The van der Waals surface area contributed by atoms with Crippen molar-refractivity contribution in [2.24, 2.45) is 0 Å². The van der Waals surface area contributed by atoms with Crippen molar-refractivity contribution in [2.45, 2.75) is 20.8 Å². The van der Waals surface area contributed by atoms with E-state index in [0.717, 1.165) is 0 Å². The van der Waals surface area contributed by atoms with Crippen LogP contribution in [0.2, 0.25) is 0 Å². The van der Waals surface area contributed by atoms with E-state index in [-0.39, 0.29) is 23.4 Å². The summed E-state index contributed by atoms with van der Waals surface area (Å²) in [6, 6.07) is 6.53. The van der Waals surface area contributed by atoms with Gasteiger partial charge in [-0.25, -0.2) is 4.79 Å². The second-order valence-electron chi connectivity index (χ2n) is 6.43. The zero-order chi connectivity index (χ0) is 20.7. The highest BCUT2D eigenvalue weighted by atomic mass is 16.6. The van der Waals surface area contributed by atoms with E-state index < -0.39 is 5.91 Å². The second kappa shape index (κ2) is 9.68. The first-order valence-corrected chi connectivity index (χ1v) is 9.13. The molecular formula is C20H25N3O5. The van der Waals surface area contributed by atoms with Crippen molar-refractivity contribution in [1.82, 2.24) is 9.80 Å². The number of hydrogen-bond acceptors (Lipinski definition) is 5. The number of amides is 3. The lowest BCUT2D eigenvalue weighted by molar-refractivity contribution is -0.128. The number of nitrogens with one attached hydrogen (secondary N) is 1. The fraction of sp³-hybridized carbons (Fsp3) is 0.400. The minimum absolute atomic E-state index is 0.0531. The van der Waals surface area contributed by atoms with E-state index in [4.69, 9.17) is 4.74 Å². The molecule has 8 heteroatoms. The van der Waals surface area contributed by atoms with E-state index >= 15 is 0 Å². The highest BCUT2D eigenvalue weighted by Gasteiger charge is 2.24. The first-order chi connectivity index (χ1) is 13.3. The number of hydrogen-bond donors (Lipinski definition) is 1. The molecule has 0 unspecified atom stereocenters. The number of carbonyl (C=O) groups excluding carboxylic acids is 4. The Hall–Kier alpha value is -3.16. The molecule has 0 atom stereocenters. The summed E-state index contributed by atoms with van der Waals surface area (Å²) in [6.45, 7) is 6.65. The molecule has 1 aromatic rings. The maximum absolute atomic E-state index is 12.4. The topological polar surface area (TPSA) is 96.0 Å². The van der Waals surface area contributed by atoms with Gasteiger partial charge in [0.2, 0.25) is 5.91 Å². The van der Waals surface area contributed by atoms with Crippen LogP contribution < -0.4 is 5.32 Å². The van der Waals surface area contributed by atoms with Gasteiger partial charge in [-0.3, -0.25) is 14.4 Å². The molecule has 1 saturated heterocycles. The predicted molar refractivity (Wildman–Crippen MR) is 104 cm³/mol. The Balaban J connectivity index is 1.89. The highest BCUT2D eigenvalue weighted by molar-refractivity contribution is 6.07. The number of anilines is 1. The molecule has 150 valence electrons. The van der Waals surface area contributed by atoms with Crippen LogP contribution in [-0.4, -0.2) is 66.3 Å². The Morgan fingerprint density at radius 3 is 2.11 bits per heavy atom. The summed E-state index contributed by atoms with van der Waals surface area (Å²) in [5.41, 5.74) is 1.37. The summed E-state index contributed by atoms with van der Waals surface area (Å²) < 4.78 is 4.95. The number of carbonyl (C=O) groups is 4. The maximum Gasteiger partial charge on any atom is 0.409 e. The number of ketones is 1. The Kier molecular flexibility index (Phi) is 7.31. The van der Waals surface area contributed by atoms with Crippen molar-refractivity contribution in [3.8, 4) is 0 Å². The van der Waals surface area contributed by atoms with Crippen molar-refractivity contribution >= 4 is 29.4 Å². The van der Waals surface area contributed by atoms with E-state index in [0.29, 0.717) is 44.0 Å². The van der Waals surface area contributed by atoms with Crippen LogP contribution in [0.4, 0.5) is 10.5 Å². The predicted octanol–water partition coefficient (Wildman–Crippen LogP) is 2.07. The van der Waals surface area contributed by atoms with Crippen molar-refractivity contribution in [3.05, 3.63) is 41.5 Å². The molecule has 0 aromatic heterocycles.